The van der Waals surface area contributed by atoms with E-state index in [0.717, 1.165) is 0 Å². The summed E-state index contributed by atoms with van der Waals surface area (Å²) in [6.07, 6.45) is 1.66. The molecule has 1 heterocycles. The molecule has 0 unspecified atom stereocenters. The zero-order chi connectivity index (χ0) is 18.1. The first-order valence-corrected chi connectivity index (χ1v) is 9.70. The van der Waals surface area contributed by atoms with Crippen LogP contribution in [0.25, 0.3) is 0 Å². The minimum atomic E-state index is -3.68. The Hall–Kier alpha value is -1.82. The Morgan fingerprint density at radius 2 is 1.75 bits per heavy atom. The first kappa shape index (κ1) is 18.5. The third-order valence-electron chi connectivity index (χ3n) is 3.84. The fourth-order valence-corrected chi connectivity index (χ4v) is 4.36. The lowest BCUT2D eigenvalue weighted by atomic mass is 9.92. The van der Waals surface area contributed by atoms with Gasteiger partial charge in [0.2, 0.25) is 0 Å². The summed E-state index contributed by atoms with van der Waals surface area (Å²) < 4.78 is 29.8. The van der Waals surface area contributed by atoms with E-state index in [0.29, 0.717) is 17.9 Å². The lowest BCUT2D eigenvalue weighted by Gasteiger charge is -2.24. The SMILES string of the molecule is CCN(c1ccccc1)S(=O)(=O)c1cn(C(C)C)nc1C(C)(C)C. The first-order chi connectivity index (χ1) is 11.1. The van der Waals surface area contributed by atoms with Crippen molar-refractivity contribution in [3.05, 3.63) is 42.2 Å². The number of nitrogens with zero attached hydrogens (tertiary/aromatic N) is 3. The van der Waals surface area contributed by atoms with Crippen LogP contribution in [-0.2, 0) is 15.4 Å². The second kappa shape index (κ2) is 6.59. The summed E-state index contributed by atoms with van der Waals surface area (Å²) in [4.78, 5) is 0.286. The molecule has 0 aliphatic carbocycles. The molecule has 24 heavy (non-hydrogen) atoms. The molecule has 0 radical (unpaired) electrons. The van der Waals surface area contributed by atoms with Crippen molar-refractivity contribution in [3.63, 3.8) is 0 Å². The summed E-state index contributed by atoms with van der Waals surface area (Å²) in [6.45, 7) is 12.1. The predicted octanol–water partition coefficient (Wildman–Crippen LogP) is 3.98. The number of anilines is 1. The average Bonchev–Trinajstić information content (AvgIpc) is 2.95. The van der Waals surface area contributed by atoms with E-state index >= 15 is 0 Å². The molecule has 0 fully saturated rings. The van der Waals surface area contributed by atoms with Gasteiger partial charge in [-0.05, 0) is 32.9 Å². The summed E-state index contributed by atoms with van der Waals surface area (Å²) in [5.41, 5.74) is 0.904. The summed E-state index contributed by atoms with van der Waals surface area (Å²) >= 11 is 0. The van der Waals surface area contributed by atoms with E-state index in [9.17, 15) is 8.42 Å². The molecule has 5 nitrogen and oxygen atoms in total. The van der Waals surface area contributed by atoms with Crippen LogP contribution >= 0.6 is 0 Å². The minimum absolute atomic E-state index is 0.0989. The van der Waals surface area contributed by atoms with Crippen LogP contribution in [0.1, 0.15) is 53.3 Å². The molecule has 0 saturated heterocycles. The van der Waals surface area contributed by atoms with E-state index in [1.807, 2.05) is 71.9 Å². The average molecular weight is 350 g/mol. The highest BCUT2D eigenvalue weighted by Crippen LogP contribution is 2.32. The van der Waals surface area contributed by atoms with E-state index < -0.39 is 10.0 Å². The highest BCUT2D eigenvalue weighted by molar-refractivity contribution is 7.92. The van der Waals surface area contributed by atoms with E-state index in [1.54, 1.807) is 10.9 Å². The van der Waals surface area contributed by atoms with E-state index in [1.165, 1.54) is 4.31 Å². The topological polar surface area (TPSA) is 55.2 Å². The van der Waals surface area contributed by atoms with Crippen molar-refractivity contribution < 1.29 is 8.42 Å². The Kier molecular flexibility index (Phi) is 5.08. The Morgan fingerprint density at radius 1 is 1.17 bits per heavy atom. The van der Waals surface area contributed by atoms with Gasteiger partial charge in [0.25, 0.3) is 10.0 Å². The van der Waals surface area contributed by atoms with Gasteiger partial charge in [0, 0.05) is 24.2 Å². The summed E-state index contributed by atoms with van der Waals surface area (Å²) in [5, 5.41) is 4.57. The predicted molar refractivity (Wildman–Crippen MR) is 98.0 cm³/mol. The Morgan fingerprint density at radius 3 is 2.21 bits per heavy atom. The maximum atomic E-state index is 13.3. The van der Waals surface area contributed by atoms with E-state index in [-0.39, 0.29) is 16.4 Å². The first-order valence-electron chi connectivity index (χ1n) is 8.26. The van der Waals surface area contributed by atoms with Crippen LogP contribution in [0, 0.1) is 0 Å². The van der Waals surface area contributed by atoms with Crippen LogP contribution in [0.2, 0.25) is 0 Å². The highest BCUT2D eigenvalue weighted by Gasteiger charge is 2.33. The Balaban J connectivity index is 2.64. The lowest BCUT2D eigenvalue weighted by molar-refractivity contribution is 0.493. The second-order valence-electron chi connectivity index (χ2n) is 7.17. The van der Waals surface area contributed by atoms with Crippen molar-refractivity contribution in [1.82, 2.24) is 9.78 Å². The molecule has 6 heteroatoms. The largest absolute Gasteiger partial charge is 0.269 e. The number of para-hydroxylation sites is 1. The molecule has 2 rings (SSSR count). The quantitative estimate of drug-likeness (QED) is 0.820. The number of hydrogen-bond donors (Lipinski definition) is 0. The van der Waals surface area contributed by atoms with Crippen LogP contribution in [0.15, 0.2) is 41.4 Å². The minimum Gasteiger partial charge on any atom is -0.269 e. The van der Waals surface area contributed by atoms with Crippen LogP contribution in [0.5, 0.6) is 0 Å². The maximum Gasteiger partial charge on any atom is 0.267 e. The number of hydrogen-bond acceptors (Lipinski definition) is 3. The third kappa shape index (κ3) is 3.48. The normalized spacial score (nSPS) is 12.6. The van der Waals surface area contributed by atoms with Crippen molar-refractivity contribution in [3.8, 4) is 0 Å². The molecule has 0 saturated carbocycles. The van der Waals surface area contributed by atoms with Crippen LogP contribution in [-0.4, -0.2) is 24.7 Å². The lowest BCUT2D eigenvalue weighted by Crippen LogP contribution is -2.32. The summed E-state index contributed by atoms with van der Waals surface area (Å²) in [5.74, 6) is 0. The molecule has 0 spiro atoms. The van der Waals surface area contributed by atoms with Gasteiger partial charge in [0.05, 0.1) is 11.4 Å². The van der Waals surface area contributed by atoms with Gasteiger partial charge in [-0.3, -0.25) is 8.99 Å². The molecule has 0 amide bonds. The molecule has 0 aliphatic rings. The van der Waals surface area contributed by atoms with Crippen LogP contribution in [0.4, 0.5) is 5.69 Å². The van der Waals surface area contributed by atoms with E-state index in [4.69, 9.17) is 0 Å². The number of rotatable bonds is 5. The van der Waals surface area contributed by atoms with Crippen molar-refractivity contribution in [2.45, 2.75) is 57.9 Å². The molecule has 2 aromatic rings. The number of aromatic nitrogens is 2. The zero-order valence-electron chi connectivity index (χ0n) is 15.3. The number of benzene rings is 1. The van der Waals surface area contributed by atoms with Gasteiger partial charge >= 0.3 is 0 Å². The zero-order valence-corrected chi connectivity index (χ0v) is 16.1. The molecule has 0 atom stereocenters. The van der Waals surface area contributed by atoms with Gasteiger partial charge in [-0.15, -0.1) is 0 Å². The summed E-state index contributed by atoms with van der Waals surface area (Å²) in [6, 6.07) is 9.28. The molecule has 132 valence electrons. The fraction of sp³-hybridized carbons (Fsp3) is 0.500. The molecule has 1 aromatic carbocycles. The molecule has 1 aromatic heterocycles. The second-order valence-corrected chi connectivity index (χ2v) is 9.00. The van der Waals surface area contributed by atoms with Crippen molar-refractivity contribution in [1.29, 1.82) is 0 Å². The third-order valence-corrected chi connectivity index (χ3v) is 5.74. The molecular formula is C18H27N3O2S. The van der Waals surface area contributed by atoms with Gasteiger partial charge in [-0.1, -0.05) is 39.0 Å². The van der Waals surface area contributed by atoms with Crippen molar-refractivity contribution >= 4 is 15.7 Å². The monoisotopic (exact) mass is 349 g/mol. The smallest absolute Gasteiger partial charge is 0.267 e. The molecule has 0 bridgehead atoms. The Bertz CT molecular complexity index is 787. The maximum absolute atomic E-state index is 13.3. The molecule has 0 N–H and O–H groups in total. The van der Waals surface area contributed by atoms with Crippen LogP contribution in [0.3, 0.4) is 0 Å². The van der Waals surface area contributed by atoms with Gasteiger partial charge in [-0.2, -0.15) is 5.10 Å². The number of sulfonamides is 1. The van der Waals surface area contributed by atoms with E-state index in [2.05, 4.69) is 5.10 Å². The Labute approximate surface area is 145 Å². The highest BCUT2D eigenvalue weighted by atomic mass is 32.2. The van der Waals surface area contributed by atoms with Gasteiger partial charge < -0.3 is 0 Å². The van der Waals surface area contributed by atoms with Crippen molar-refractivity contribution in [2.24, 2.45) is 0 Å². The van der Waals surface area contributed by atoms with Crippen LogP contribution < -0.4 is 4.31 Å². The fourth-order valence-electron chi connectivity index (χ4n) is 2.55. The van der Waals surface area contributed by atoms with Gasteiger partial charge in [0.15, 0.2) is 0 Å². The standard InChI is InChI=1S/C18H27N3O2S/c1-7-21(15-11-9-8-10-12-15)24(22,23)16-13-20(14(2)3)19-17(16)18(4,5)6/h8-14H,7H2,1-6H3. The van der Waals surface area contributed by atoms with Gasteiger partial charge in [-0.25, -0.2) is 8.42 Å². The summed E-state index contributed by atoms with van der Waals surface area (Å²) in [7, 11) is -3.68. The molecule has 0 aliphatic heterocycles. The van der Waals surface area contributed by atoms with Gasteiger partial charge in [0.1, 0.15) is 4.90 Å². The van der Waals surface area contributed by atoms with Crippen molar-refractivity contribution in [2.75, 3.05) is 10.8 Å². The molecular weight excluding hydrogens is 322 g/mol.